The van der Waals surface area contributed by atoms with Crippen LogP contribution in [0, 0.1) is 11.7 Å². The Hall–Kier alpha value is -0.840. The molecule has 2 atom stereocenters. The highest BCUT2D eigenvalue weighted by atomic mass is 35.5. The van der Waals surface area contributed by atoms with Crippen LogP contribution in [-0.2, 0) is 10.2 Å². The van der Waals surface area contributed by atoms with Crippen molar-refractivity contribution in [3.63, 3.8) is 0 Å². The number of piperidine rings is 1. The number of hydrogen-bond acceptors (Lipinski definition) is 2. The van der Waals surface area contributed by atoms with E-state index in [4.69, 9.17) is 11.6 Å². The van der Waals surface area contributed by atoms with Crippen molar-refractivity contribution >= 4 is 29.9 Å². The van der Waals surface area contributed by atoms with E-state index in [1.807, 2.05) is 13.8 Å². The third-order valence-corrected chi connectivity index (χ3v) is 4.67. The van der Waals surface area contributed by atoms with Crippen LogP contribution in [0.5, 0.6) is 0 Å². The maximum Gasteiger partial charge on any atom is 0.223 e. The number of benzene rings is 1. The highest BCUT2D eigenvalue weighted by molar-refractivity contribution is 6.31. The Morgan fingerprint density at radius 3 is 2.78 bits per heavy atom. The summed E-state index contributed by atoms with van der Waals surface area (Å²) in [5, 5.41) is 6.78. The maximum atomic E-state index is 13.2. The molecule has 0 aliphatic carbocycles. The molecule has 1 aliphatic heterocycles. The van der Waals surface area contributed by atoms with Crippen LogP contribution in [0.1, 0.15) is 39.2 Å². The normalized spacial score (nSPS) is 21.4. The summed E-state index contributed by atoms with van der Waals surface area (Å²) in [5.74, 6) is -0.187. The second-order valence-electron chi connectivity index (χ2n) is 6.80. The fraction of sp³-hybridized carbons (Fsp3) is 0.588. The summed E-state index contributed by atoms with van der Waals surface area (Å²) in [6.45, 7) is 7.46. The zero-order chi connectivity index (χ0) is 16.3. The van der Waals surface area contributed by atoms with Gasteiger partial charge in [0.2, 0.25) is 5.91 Å². The Kier molecular flexibility index (Phi) is 7.30. The number of rotatable bonds is 4. The van der Waals surface area contributed by atoms with Crippen molar-refractivity contribution in [2.45, 2.75) is 45.1 Å². The molecule has 1 saturated heterocycles. The Balaban J connectivity index is 0.00000264. The van der Waals surface area contributed by atoms with Crippen molar-refractivity contribution < 1.29 is 9.18 Å². The number of carbonyl (C=O) groups excluding carboxylic acids is 1. The number of amides is 1. The monoisotopic (exact) mass is 362 g/mol. The van der Waals surface area contributed by atoms with Gasteiger partial charge in [0, 0.05) is 28.9 Å². The zero-order valence-electron chi connectivity index (χ0n) is 13.8. The van der Waals surface area contributed by atoms with Crippen molar-refractivity contribution in [2.75, 3.05) is 13.1 Å². The molecule has 3 nitrogen and oxygen atoms in total. The Labute approximate surface area is 148 Å². The molecule has 1 heterocycles. The van der Waals surface area contributed by atoms with E-state index >= 15 is 0 Å². The molecule has 0 aromatic heterocycles. The molecule has 0 saturated carbocycles. The number of hydrogen-bond donors (Lipinski definition) is 2. The summed E-state index contributed by atoms with van der Waals surface area (Å²) in [7, 11) is 0. The molecule has 130 valence electrons. The first-order valence-corrected chi connectivity index (χ1v) is 8.14. The van der Waals surface area contributed by atoms with Crippen molar-refractivity contribution in [2.24, 2.45) is 5.92 Å². The molecule has 0 bridgehead atoms. The van der Waals surface area contributed by atoms with E-state index in [-0.39, 0.29) is 35.5 Å². The van der Waals surface area contributed by atoms with Crippen molar-refractivity contribution in [3.05, 3.63) is 34.6 Å². The second-order valence-corrected chi connectivity index (χ2v) is 7.21. The number of carbonyl (C=O) groups is 1. The lowest BCUT2D eigenvalue weighted by Crippen LogP contribution is -2.45. The van der Waals surface area contributed by atoms with E-state index < -0.39 is 0 Å². The topological polar surface area (TPSA) is 41.1 Å². The molecule has 0 spiro atoms. The predicted octanol–water partition coefficient (Wildman–Crippen LogP) is 3.68. The van der Waals surface area contributed by atoms with E-state index in [9.17, 15) is 9.18 Å². The van der Waals surface area contributed by atoms with Crippen molar-refractivity contribution in [3.8, 4) is 0 Å². The largest absolute Gasteiger partial charge is 0.355 e. The van der Waals surface area contributed by atoms with E-state index in [1.165, 1.54) is 12.1 Å². The van der Waals surface area contributed by atoms with Gasteiger partial charge >= 0.3 is 0 Å². The van der Waals surface area contributed by atoms with Gasteiger partial charge in [0.15, 0.2) is 0 Å². The lowest BCUT2D eigenvalue weighted by atomic mass is 9.84. The predicted molar refractivity (Wildman–Crippen MR) is 94.9 cm³/mol. The smallest absolute Gasteiger partial charge is 0.223 e. The van der Waals surface area contributed by atoms with E-state index in [0.717, 1.165) is 24.9 Å². The Bertz CT molecular complexity index is 551. The fourth-order valence-corrected chi connectivity index (χ4v) is 3.38. The molecule has 1 fully saturated rings. The summed E-state index contributed by atoms with van der Waals surface area (Å²) in [6, 6.07) is 4.79. The van der Waals surface area contributed by atoms with Gasteiger partial charge in [0.05, 0.1) is 0 Å². The molecule has 6 heteroatoms. The summed E-state index contributed by atoms with van der Waals surface area (Å²) in [4.78, 5) is 12.3. The van der Waals surface area contributed by atoms with E-state index in [1.54, 1.807) is 6.07 Å². The molecule has 1 aromatic rings. The van der Waals surface area contributed by atoms with Crippen LogP contribution in [0.3, 0.4) is 0 Å². The van der Waals surface area contributed by atoms with Gasteiger partial charge in [-0.1, -0.05) is 31.5 Å². The summed E-state index contributed by atoms with van der Waals surface area (Å²) < 4.78 is 13.2. The molecule has 1 aromatic carbocycles. The number of nitrogens with one attached hydrogen (secondary N) is 2. The quantitative estimate of drug-likeness (QED) is 0.857. The van der Waals surface area contributed by atoms with Gasteiger partial charge in [-0.3, -0.25) is 4.79 Å². The summed E-state index contributed by atoms with van der Waals surface area (Å²) in [6.07, 6.45) is 1.73. The molecular weight excluding hydrogens is 338 g/mol. The van der Waals surface area contributed by atoms with Crippen LogP contribution in [-0.4, -0.2) is 25.0 Å². The molecule has 1 amide bonds. The lowest BCUT2D eigenvalue weighted by molar-refractivity contribution is -0.126. The molecular formula is C17H25Cl2FN2O. The zero-order valence-corrected chi connectivity index (χ0v) is 15.4. The van der Waals surface area contributed by atoms with Crippen LogP contribution < -0.4 is 10.6 Å². The van der Waals surface area contributed by atoms with Gasteiger partial charge in [-0.15, -0.1) is 12.4 Å². The van der Waals surface area contributed by atoms with Crippen LogP contribution >= 0.6 is 24.0 Å². The van der Waals surface area contributed by atoms with Gasteiger partial charge in [-0.05, 0) is 44.0 Å². The van der Waals surface area contributed by atoms with Crippen LogP contribution in [0.4, 0.5) is 4.39 Å². The number of halogens is 3. The molecule has 23 heavy (non-hydrogen) atoms. The first-order chi connectivity index (χ1) is 10.3. The van der Waals surface area contributed by atoms with Gasteiger partial charge in [-0.2, -0.15) is 0 Å². The molecule has 2 rings (SSSR count). The first kappa shape index (κ1) is 20.2. The molecule has 2 N–H and O–H groups in total. The Morgan fingerprint density at radius 1 is 1.48 bits per heavy atom. The maximum absolute atomic E-state index is 13.2. The van der Waals surface area contributed by atoms with Crippen molar-refractivity contribution in [1.82, 2.24) is 10.6 Å². The molecule has 0 radical (unpaired) electrons. The minimum atomic E-state index is -0.350. The standard InChI is InChI=1S/C17H24ClFN2O.ClH/c1-11-8-12(6-7-20-11)16(22)21-10-17(2,3)14-5-4-13(19)9-15(14)18;/h4-5,9,11-12,20H,6-8,10H2,1-3H3,(H,21,22);1H/t11-,12-;/m0./s1. The summed E-state index contributed by atoms with van der Waals surface area (Å²) >= 11 is 6.14. The van der Waals surface area contributed by atoms with Crippen LogP contribution in [0.15, 0.2) is 18.2 Å². The van der Waals surface area contributed by atoms with Crippen LogP contribution in [0.25, 0.3) is 0 Å². The van der Waals surface area contributed by atoms with Gasteiger partial charge in [0.25, 0.3) is 0 Å². The average molecular weight is 363 g/mol. The first-order valence-electron chi connectivity index (χ1n) is 7.76. The second kappa shape index (κ2) is 8.32. The SMILES string of the molecule is C[C@H]1C[C@@H](C(=O)NCC(C)(C)c2ccc(F)cc2Cl)CCN1.Cl. The van der Waals surface area contributed by atoms with Crippen LogP contribution in [0.2, 0.25) is 5.02 Å². The van der Waals surface area contributed by atoms with E-state index in [2.05, 4.69) is 17.6 Å². The van der Waals surface area contributed by atoms with E-state index in [0.29, 0.717) is 17.6 Å². The minimum absolute atomic E-state index is 0. The lowest BCUT2D eigenvalue weighted by Gasteiger charge is -2.30. The fourth-order valence-electron chi connectivity index (χ4n) is 2.96. The van der Waals surface area contributed by atoms with Gasteiger partial charge in [-0.25, -0.2) is 4.39 Å². The third-order valence-electron chi connectivity index (χ3n) is 4.36. The minimum Gasteiger partial charge on any atom is -0.355 e. The highest BCUT2D eigenvalue weighted by Crippen LogP contribution is 2.30. The Morgan fingerprint density at radius 2 is 2.17 bits per heavy atom. The summed E-state index contributed by atoms with van der Waals surface area (Å²) in [5.41, 5.74) is 0.494. The highest BCUT2D eigenvalue weighted by Gasteiger charge is 2.28. The van der Waals surface area contributed by atoms with Crippen molar-refractivity contribution in [1.29, 1.82) is 0 Å². The third kappa shape index (κ3) is 5.33. The average Bonchev–Trinajstić information content (AvgIpc) is 2.44. The molecule has 0 unspecified atom stereocenters. The van der Waals surface area contributed by atoms with Gasteiger partial charge < -0.3 is 10.6 Å². The molecule has 1 aliphatic rings. The van der Waals surface area contributed by atoms with Gasteiger partial charge in [0.1, 0.15) is 5.82 Å².